The monoisotopic (exact) mass is 311 g/mol. The molecule has 0 radical (unpaired) electrons. The molecule has 2 unspecified atom stereocenters. The van der Waals surface area contributed by atoms with E-state index in [0.717, 1.165) is 25.7 Å². The quantitative estimate of drug-likeness (QED) is 0.767. The van der Waals surface area contributed by atoms with Crippen LogP contribution in [0.2, 0.25) is 0 Å². The van der Waals surface area contributed by atoms with E-state index in [1.807, 2.05) is 0 Å². The van der Waals surface area contributed by atoms with Crippen molar-refractivity contribution in [2.24, 2.45) is 16.8 Å². The SMILES string of the molecule is NC1CCCCC1C(=O)Nc1ccc(CS(N)(=O)=O)cc1. The van der Waals surface area contributed by atoms with Crippen LogP contribution in [0.3, 0.4) is 0 Å². The van der Waals surface area contributed by atoms with Crippen molar-refractivity contribution >= 4 is 21.6 Å². The number of sulfonamides is 1. The number of nitrogens with one attached hydrogen (secondary N) is 1. The summed E-state index contributed by atoms with van der Waals surface area (Å²) < 4.78 is 22.0. The third-order valence-corrected chi connectivity index (χ3v) is 4.48. The highest BCUT2D eigenvalue weighted by Gasteiger charge is 2.28. The molecule has 6 nitrogen and oxygen atoms in total. The molecular formula is C14H21N3O3S. The van der Waals surface area contributed by atoms with E-state index in [0.29, 0.717) is 11.3 Å². The van der Waals surface area contributed by atoms with Crippen LogP contribution in [0.25, 0.3) is 0 Å². The smallest absolute Gasteiger partial charge is 0.229 e. The number of nitrogens with two attached hydrogens (primary N) is 2. The van der Waals surface area contributed by atoms with Gasteiger partial charge in [0.1, 0.15) is 0 Å². The van der Waals surface area contributed by atoms with E-state index in [-0.39, 0.29) is 23.6 Å². The fourth-order valence-electron chi connectivity index (χ4n) is 2.64. The molecule has 7 heteroatoms. The molecule has 0 heterocycles. The number of hydrogen-bond donors (Lipinski definition) is 3. The number of primary sulfonamides is 1. The molecule has 1 amide bonds. The summed E-state index contributed by atoms with van der Waals surface area (Å²) in [6.07, 6.45) is 3.80. The molecule has 1 fully saturated rings. The molecule has 21 heavy (non-hydrogen) atoms. The van der Waals surface area contributed by atoms with Crippen molar-refractivity contribution in [2.45, 2.75) is 37.5 Å². The van der Waals surface area contributed by atoms with Gasteiger partial charge in [-0.05, 0) is 30.5 Å². The second-order valence-electron chi connectivity index (χ2n) is 5.55. The van der Waals surface area contributed by atoms with Gasteiger partial charge in [-0.25, -0.2) is 13.6 Å². The Balaban J connectivity index is 1.98. The van der Waals surface area contributed by atoms with Crippen molar-refractivity contribution in [3.63, 3.8) is 0 Å². The maximum Gasteiger partial charge on any atom is 0.229 e. The molecule has 1 aliphatic rings. The molecule has 5 N–H and O–H groups in total. The molecule has 0 saturated heterocycles. The summed E-state index contributed by atoms with van der Waals surface area (Å²) in [7, 11) is -3.54. The summed E-state index contributed by atoms with van der Waals surface area (Å²) in [6, 6.07) is 6.54. The van der Waals surface area contributed by atoms with Gasteiger partial charge in [-0.2, -0.15) is 0 Å². The summed E-state index contributed by atoms with van der Waals surface area (Å²) >= 11 is 0. The highest BCUT2D eigenvalue weighted by molar-refractivity contribution is 7.88. The molecule has 1 aromatic carbocycles. The fourth-order valence-corrected chi connectivity index (χ4v) is 3.29. The summed E-state index contributed by atoms with van der Waals surface area (Å²) in [5.41, 5.74) is 7.21. The van der Waals surface area contributed by atoms with Gasteiger partial charge in [-0.1, -0.05) is 25.0 Å². The van der Waals surface area contributed by atoms with Crippen LogP contribution in [-0.4, -0.2) is 20.4 Å². The zero-order valence-electron chi connectivity index (χ0n) is 11.8. The van der Waals surface area contributed by atoms with E-state index in [2.05, 4.69) is 5.32 Å². The molecule has 2 atom stereocenters. The van der Waals surface area contributed by atoms with Crippen molar-refractivity contribution in [2.75, 3.05) is 5.32 Å². The average molecular weight is 311 g/mol. The van der Waals surface area contributed by atoms with Crippen molar-refractivity contribution < 1.29 is 13.2 Å². The van der Waals surface area contributed by atoms with Crippen molar-refractivity contribution in [3.8, 4) is 0 Å². The predicted octanol–water partition coefficient (Wildman–Crippen LogP) is 0.931. The first-order valence-corrected chi connectivity index (χ1v) is 8.72. The highest BCUT2D eigenvalue weighted by Crippen LogP contribution is 2.24. The van der Waals surface area contributed by atoms with Crippen molar-refractivity contribution in [1.29, 1.82) is 0 Å². The van der Waals surface area contributed by atoms with Crippen LogP contribution in [0.4, 0.5) is 5.69 Å². The Kier molecular flexibility index (Phi) is 4.97. The highest BCUT2D eigenvalue weighted by atomic mass is 32.2. The number of carbonyl (C=O) groups is 1. The third-order valence-electron chi connectivity index (χ3n) is 3.75. The summed E-state index contributed by atoms with van der Waals surface area (Å²) in [5.74, 6) is -0.432. The summed E-state index contributed by atoms with van der Waals surface area (Å²) in [4.78, 5) is 12.2. The topological polar surface area (TPSA) is 115 Å². The molecule has 1 saturated carbocycles. The van der Waals surface area contributed by atoms with Crippen LogP contribution in [0, 0.1) is 5.92 Å². The summed E-state index contributed by atoms with van der Waals surface area (Å²) in [5, 5.41) is 7.82. The van der Waals surface area contributed by atoms with E-state index in [4.69, 9.17) is 10.9 Å². The Labute approximate surface area is 124 Å². The van der Waals surface area contributed by atoms with Crippen LogP contribution in [0.15, 0.2) is 24.3 Å². The molecule has 2 rings (SSSR count). The minimum atomic E-state index is -3.54. The lowest BCUT2D eigenvalue weighted by atomic mass is 9.84. The third kappa shape index (κ3) is 4.80. The zero-order valence-corrected chi connectivity index (χ0v) is 12.6. The second-order valence-corrected chi connectivity index (χ2v) is 7.16. The van der Waals surface area contributed by atoms with Crippen molar-refractivity contribution in [3.05, 3.63) is 29.8 Å². The minimum absolute atomic E-state index is 0.0682. The van der Waals surface area contributed by atoms with E-state index < -0.39 is 10.0 Å². The van der Waals surface area contributed by atoms with Crippen LogP contribution >= 0.6 is 0 Å². The first-order valence-electron chi connectivity index (χ1n) is 7.01. The van der Waals surface area contributed by atoms with Gasteiger partial charge in [0, 0.05) is 11.7 Å². The molecule has 116 valence electrons. The standard InChI is InChI=1S/C14H21N3O3S/c15-13-4-2-1-3-12(13)14(18)17-11-7-5-10(6-8-11)9-21(16,19)20/h5-8,12-13H,1-4,9,15H2,(H,17,18)(H2,16,19,20). The van der Waals surface area contributed by atoms with Gasteiger partial charge in [0.05, 0.1) is 11.7 Å². The zero-order chi connectivity index (χ0) is 15.5. The fraction of sp³-hybridized carbons (Fsp3) is 0.500. The lowest BCUT2D eigenvalue weighted by Gasteiger charge is -2.27. The Morgan fingerprint density at radius 2 is 1.81 bits per heavy atom. The van der Waals surface area contributed by atoms with E-state index in [1.54, 1.807) is 24.3 Å². The average Bonchev–Trinajstić information content (AvgIpc) is 2.40. The van der Waals surface area contributed by atoms with Gasteiger partial charge in [0.15, 0.2) is 0 Å². The Morgan fingerprint density at radius 3 is 2.38 bits per heavy atom. The van der Waals surface area contributed by atoms with Crippen LogP contribution < -0.4 is 16.2 Å². The number of rotatable bonds is 4. The maximum atomic E-state index is 12.2. The van der Waals surface area contributed by atoms with E-state index in [9.17, 15) is 13.2 Å². The number of carbonyl (C=O) groups excluding carboxylic acids is 1. The Morgan fingerprint density at radius 1 is 1.19 bits per heavy atom. The van der Waals surface area contributed by atoms with Crippen LogP contribution in [0.5, 0.6) is 0 Å². The number of hydrogen-bond acceptors (Lipinski definition) is 4. The lowest BCUT2D eigenvalue weighted by Crippen LogP contribution is -2.40. The normalized spacial score (nSPS) is 22.8. The first kappa shape index (κ1) is 15.9. The van der Waals surface area contributed by atoms with E-state index in [1.165, 1.54) is 0 Å². The molecule has 1 aliphatic carbocycles. The molecule has 0 aliphatic heterocycles. The first-order chi connectivity index (χ1) is 9.85. The molecule has 0 aromatic heterocycles. The predicted molar refractivity (Wildman–Crippen MR) is 81.8 cm³/mol. The number of anilines is 1. The summed E-state index contributed by atoms with van der Waals surface area (Å²) in [6.45, 7) is 0. The maximum absolute atomic E-state index is 12.2. The Hall–Kier alpha value is -1.44. The minimum Gasteiger partial charge on any atom is -0.327 e. The number of amides is 1. The van der Waals surface area contributed by atoms with E-state index >= 15 is 0 Å². The van der Waals surface area contributed by atoms with Crippen molar-refractivity contribution in [1.82, 2.24) is 0 Å². The van der Waals surface area contributed by atoms with Gasteiger partial charge in [0.25, 0.3) is 0 Å². The molecular weight excluding hydrogens is 290 g/mol. The van der Waals surface area contributed by atoms with Crippen LogP contribution in [-0.2, 0) is 20.6 Å². The van der Waals surface area contributed by atoms with Gasteiger partial charge in [0.2, 0.25) is 15.9 Å². The molecule has 0 bridgehead atoms. The number of benzene rings is 1. The largest absolute Gasteiger partial charge is 0.327 e. The lowest BCUT2D eigenvalue weighted by molar-refractivity contribution is -0.121. The molecule has 1 aromatic rings. The van der Waals surface area contributed by atoms with Gasteiger partial charge >= 0.3 is 0 Å². The van der Waals surface area contributed by atoms with Gasteiger partial charge in [-0.3, -0.25) is 4.79 Å². The second kappa shape index (κ2) is 6.55. The molecule has 0 spiro atoms. The van der Waals surface area contributed by atoms with Gasteiger partial charge in [-0.15, -0.1) is 0 Å². The Bertz CT molecular complexity index is 598. The van der Waals surface area contributed by atoms with Crippen LogP contribution in [0.1, 0.15) is 31.2 Å². The van der Waals surface area contributed by atoms with Gasteiger partial charge < -0.3 is 11.1 Å².